The van der Waals surface area contributed by atoms with E-state index in [0.717, 1.165) is 25.3 Å². The molecule has 0 saturated heterocycles. The summed E-state index contributed by atoms with van der Waals surface area (Å²) in [6, 6.07) is 4.26. The van der Waals surface area contributed by atoms with Crippen molar-refractivity contribution < 1.29 is 13.5 Å². The summed E-state index contributed by atoms with van der Waals surface area (Å²) in [5, 5.41) is 3.23. The molecule has 3 unspecified atom stereocenters. The number of likely N-dealkylation sites (N-methyl/N-ethyl adjacent to an activating group) is 1. The van der Waals surface area contributed by atoms with Crippen LogP contribution in [0, 0.1) is 23.5 Å². The SMILES string of the molecule is CNC1CCC(C(C)C)CC1Oc1cccc(F)c1F. The van der Waals surface area contributed by atoms with E-state index in [1.807, 2.05) is 7.05 Å². The molecule has 0 amide bonds. The van der Waals surface area contributed by atoms with Crippen LogP contribution in [0.25, 0.3) is 0 Å². The zero-order chi connectivity index (χ0) is 14.7. The van der Waals surface area contributed by atoms with E-state index in [1.165, 1.54) is 12.1 Å². The van der Waals surface area contributed by atoms with Crippen LogP contribution in [-0.4, -0.2) is 19.2 Å². The summed E-state index contributed by atoms with van der Waals surface area (Å²) in [4.78, 5) is 0. The van der Waals surface area contributed by atoms with Gasteiger partial charge < -0.3 is 10.1 Å². The van der Waals surface area contributed by atoms with Gasteiger partial charge in [0.15, 0.2) is 11.6 Å². The number of ether oxygens (including phenoxy) is 1. The van der Waals surface area contributed by atoms with E-state index < -0.39 is 11.6 Å². The van der Waals surface area contributed by atoms with Crippen molar-refractivity contribution >= 4 is 0 Å². The Bertz CT molecular complexity index is 450. The molecule has 1 aromatic carbocycles. The van der Waals surface area contributed by atoms with Crippen LogP contribution in [0.15, 0.2) is 18.2 Å². The van der Waals surface area contributed by atoms with Crippen molar-refractivity contribution in [2.45, 2.75) is 45.3 Å². The molecule has 2 nitrogen and oxygen atoms in total. The Labute approximate surface area is 119 Å². The van der Waals surface area contributed by atoms with E-state index in [4.69, 9.17) is 4.74 Å². The molecule has 1 N–H and O–H groups in total. The molecule has 0 bridgehead atoms. The van der Waals surface area contributed by atoms with Crippen LogP contribution in [0.3, 0.4) is 0 Å². The highest BCUT2D eigenvalue weighted by Crippen LogP contribution is 2.33. The van der Waals surface area contributed by atoms with Crippen LogP contribution in [0.1, 0.15) is 33.1 Å². The van der Waals surface area contributed by atoms with E-state index in [2.05, 4.69) is 19.2 Å². The third-order valence-electron chi connectivity index (χ3n) is 4.34. The summed E-state index contributed by atoms with van der Waals surface area (Å²) in [6.45, 7) is 4.40. The lowest BCUT2D eigenvalue weighted by molar-refractivity contribution is 0.0711. The van der Waals surface area contributed by atoms with Gasteiger partial charge in [0.25, 0.3) is 0 Å². The molecule has 0 aliphatic heterocycles. The minimum absolute atomic E-state index is 0.0136. The molecule has 2 rings (SSSR count). The first kappa shape index (κ1) is 15.2. The normalized spacial score (nSPS) is 26.8. The van der Waals surface area contributed by atoms with Gasteiger partial charge in [0.05, 0.1) is 0 Å². The molecule has 0 radical (unpaired) electrons. The molecule has 20 heavy (non-hydrogen) atoms. The fourth-order valence-electron chi connectivity index (χ4n) is 2.96. The van der Waals surface area contributed by atoms with Gasteiger partial charge in [-0.05, 0) is 50.3 Å². The van der Waals surface area contributed by atoms with Crippen LogP contribution in [0.2, 0.25) is 0 Å². The fraction of sp³-hybridized carbons (Fsp3) is 0.625. The second-order valence-electron chi connectivity index (χ2n) is 5.92. The molecule has 0 aromatic heterocycles. The highest BCUT2D eigenvalue weighted by molar-refractivity contribution is 5.25. The predicted molar refractivity (Wildman–Crippen MR) is 75.8 cm³/mol. The molecule has 1 saturated carbocycles. The summed E-state index contributed by atoms with van der Waals surface area (Å²) >= 11 is 0. The van der Waals surface area contributed by atoms with E-state index in [9.17, 15) is 8.78 Å². The molecule has 0 spiro atoms. The van der Waals surface area contributed by atoms with Crippen molar-refractivity contribution in [3.8, 4) is 5.75 Å². The summed E-state index contributed by atoms with van der Waals surface area (Å²) in [5.41, 5.74) is 0. The fourth-order valence-corrected chi connectivity index (χ4v) is 2.96. The Balaban J connectivity index is 2.13. The van der Waals surface area contributed by atoms with E-state index in [0.29, 0.717) is 11.8 Å². The number of hydrogen-bond acceptors (Lipinski definition) is 2. The van der Waals surface area contributed by atoms with Gasteiger partial charge in [0.1, 0.15) is 6.10 Å². The van der Waals surface area contributed by atoms with Gasteiger partial charge in [-0.15, -0.1) is 0 Å². The number of benzene rings is 1. The third kappa shape index (κ3) is 3.29. The highest BCUT2D eigenvalue weighted by atomic mass is 19.2. The van der Waals surface area contributed by atoms with E-state index in [1.54, 1.807) is 0 Å². The second-order valence-corrected chi connectivity index (χ2v) is 5.92. The average molecular weight is 283 g/mol. The molecule has 1 aromatic rings. The van der Waals surface area contributed by atoms with Crippen LogP contribution in [0.4, 0.5) is 8.78 Å². The van der Waals surface area contributed by atoms with Gasteiger partial charge in [0, 0.05) is 6.04 Å². The predicted octanol–water partition coefficient (Wildman–Crippen LogP) is 3.76. The monoisotopic (exact) mass is 283 g/mol. The first-order valence-corrected chi connectivity index (χ1v) is 7.30. The zero-order valence-electron chi connectivity index (χ0n) is 12.3. The van der Waals surface area contributed by atoms with Crippen LogP contribution in [-0.2, 0) is 0 Å². The van der Waals surface area contributed by atoms with E-state index in [-0.39, 0.29) is 17.9 Å². The maximum Gasteiger partial charge on any atom is 0.200 e. The molecular formula is C16H23F2NO. The zero-order valence-corrected chi connectivity index (χ0v) is 12.3. The lowest BCUT2D eigenvalue weighted by atomic mass is 9.78. The summed E-state index contributed by atoms with van der Waals surface area (Å²) in [7, 11) is 1.89. The Morgan fingerprint density at radius 2 is 2.00 bits per heavy atom. The Morgan fingerprint density at radius 3 is 2.65 bits per heavy atom. The first-order valence-electron chi connectivity index (χ1n) is 7.30. The Hall–Kier alpha value is -1.16. The minimum atomic E-state index is -0.894. The standard InChI is InChI=1S/C16H23F2NO/c1-10(2)11-7-8-13(19-3)15(9-11)20-14-6-4-5-12(17)16(14)18/h4-6,10-11,13,15,19H,7-9H2,1-3H3. The smallest absolute Gasteiger partial charge is 0.200 e. The van der Waals surface area contributed by atoms with Crippen molar-refractivity contribution in [1.29, 1.82) is 0 Å². The second kappa shape index (κ2) is 6.53. The van der Waals surface area contributed by atoms with Gasteiger partial charge in [-0.25, -0.2) is 4.39 Å². The first-order chi connectivity index (χ1) is 9.52. The molecule has 4 heteroatoms. The Morgan fingerprint density at radius 1 is 1.25 bits per heavy atom. The lowest BCUT2D eigenvalue weighted by Crippen LogP contribution is -2.46. The van der Waals surface area contributed by atoms with Crippen molar-refractivity contribution in [3.05, 3.63) is 29.8 Å². The van der Waals surface area contributed by atoms with E-state index >= 15 is 0 Å². The molecule has 112 valence electrons. The molecule has 3 atom stereocenters. The van der Waals surface area contributed by atoms with Gasteiger partial charge in [-0.1, -0.05) is 19.9 Å². The van der Waals surface area contributed by atoms with Crippen molar-refractivity contribution in [3.63, 3.8) is 0 Å². The molecule has 0 heterocycles. The van der Waals surface area contributed by atoms with Gasteiger partial charge in [-0.3, -0.25) is 0 Å². The average Bonchev–Trinajstić information content (AvgIpc) is 2.43. The van der Waals surface area contributed by atoms with Gasteiger partial charge in [-0.2, -0.15) is 4.39 Å². The summed E-state index contributed by atoms with van der Waals surface area (Å²) in [6.07, 6.45) is 2.91. The number of rotatable bonds is 4. The number of halogens is 2. The van der Waals surface area contributed by atoms with Gasteiger partial charge in [0.2, 0.25) is 5.82 Å². The number of hydrogen-bond donors (Lipinski definition) is 1. The maximum absolute atomic E-state index is 13.7. The van der Waals surface area contributed by atoms with Crippen molar-refractivity contribution in [1.82, 2.24) is 5.32 Å². The third-order valence-corrected chi connectivity index (χ3v) is 4.34. The lowest BCUT2D eigenvalue weighted by Gasteiger charge is -2.37. The Kier molecular flexibility index (Phi) is 4.97. The van der Waals surface area contributed by atoms with Crippen LogP contribution in [0.5, 0.6) is 5.75 Å². The minimum Gasteiger partial charge on any atom is -0.486 e. The van der Waals surface area contributed by atoms with Crippen LogP contribution < -0.4 is 10.1 Å². The topological polar surface area (TPSA) is 21.3 Å². The summed E-state index contributed by atoms with van der Waals surface area (Å²) < 4.78 is 32.7. The quantitative estimate of drug-likeness (QED) is 0.908. The highest BCUT2D eigenvalue weighted by Gasteiger charge is 2.33. The summed E-state index contributed by atoms with van der Waals surface area (Å²) in [5.74, 6) is -0.592. The molecular weight excluding hydrogens is 260 g/mol. The van der Waals surface area contributed by atoms with Crippen LogP contribution >= 0.6 is 0 Å². The number of nitrogens with one attached hydrogen (secondary N) is 1. The maximum atomic E-state index is 13.7. The van der Waals surface area contributed by atoms with Crippen molar-refractivity contribution in [2.24, 2.45) is 11.8 Å². The van der Waals surface area contributed by atoms with Crippen molar-refractivity contribution in [2.75, 3.05) is 7.05 Å². The molecule has 1 fully saturated rings. The largest absolute Gasteiger partial charge is 0.486 e. The van der Waals surface area contributed by atoms with Gasteiger partial charge >= 0.3 is 0 Å². The molecule has 1 aliphatic rings. The molecule has 1 aliphatic carbocycles.